The van der Waals surface area contributed by atoms with Gasteiger partial charge in [0, 0.05) is 34.4 Å². The van der Waals surface area contributed by atoms with E-state index in [0.717, 1.165) is 6.54 Å². The Hall–Kier alpha value is -0.120. The van der Waals surface area contributed by atoms with Gasteiger partial charge < -0.3 is 14.4 Å². The molecular weight excluding hydrogens is 142 g/mol. The van der Waals surface area contributed by atoms with E-state index >= 15 is 0 Å². The first kappa shape index (κ1) is 10.9. The first-order chi connectivity index (χ1) is 5.24. The molecule has 0 saturated carbocycles. The minimum absolute atomic E-state index is 0.500. The highest BCUT2D eigenvalue weighted by molar-refractivity contribution is 4.71. The van der Waals surface area contributed by atoms with Crippen molar-refractivity contribution in [2.45, 2.75) is 12.5 Å². The van der Waals surface area contributed by atoms with Crippen LogP contribution in [0.3, 0.4) is 0 Å². The Morgan fingerprint density at radius 3 is 2.00 bits per heavy atom. The van der Waals surface area contributed by atoms with Gasteiger partial charge in [0.2, 0.25) is 0 Å². The van der Waals surface area contributed by atoms with Crippen LogP contribution >= 0.6 is 0 Å². The third kappa shape index (κ3) is 5.18. The minimum Gasteiger partial charge on any atom is -0.388 e. The molecule has 0 radical (unpaired) electrons. The van der Waals surface area contributed by atoms with Crippen molar-refractivity contribution in [2.75, 3.05) is 41.5 Å². The van der Waals surface area contributed by atoms with Crippen molar-refractivity contribution in [1.29, 1.82) is 0 Å². The fourth-order valence-electron chi connectivity index (χ4n) is 1.09. The molecule has 11 heavy (non-hydrogen) atoms. The first-order valence-corrected chi connectivity index (χ1v) is 3.86. The summed E-state index contributed by atoms with van der Waals surface area (Å²) in [6.45, 7) is 2.30. The standard InChI is InChI=1S/C6H13NO.C2H6O/c1-7-4-3-6(5-7)8-2;1-3-2/h6H,3-5H2,1-2H3;1-2H3/t6-;/m1./s1. The van der Waals surface area contributed by atoms with Crippen LogP contribution in [0.1, 0.15) is 6.42 Å². The van der Waals surface area contributed by atoms with Crippen LogP contribution in [0.15, 0.2) is 0 Å². The number of rotatable bonds is 1. The second kappa shape index (κ2) is 6.58. The molecule has 1 saturated heterocycles. The molecule has 0 aromatic rings. The van der Waals surface area contributed by atoms with E-state index in [9.17, 15) is 0 Å². The number of ether oxygens (including phenoxy) is 2. The maximum absolute atomic E-state index is 5.14. The lowest BCUT2D eigenvalue weighted by atomic mass is 10.3. The van der Waals surface area contributed by atoms with E-state index in [1.165, 1.54) is 13.0 Å². The summed E-state index contributed by atoms with van der Waals surface area (Å²) in [7, 11) is 7.16. The predicted molar refractivity (Wildman–Crippen MR) is 45.8 cm³/mol. The van der Waals surface area contributed by atoms with Gasteiger partial charge in [-0.2, -0.15) is 0 Å². The van der Waals surface area contributed by atoms with Crippen LogP contribution in [0.5, 0.6) is 0 Å². The van der Waals surface area contributed by atoms with Gasteiger partial charge in [-0.3, -0.25) is 0 Å². The average Bonchev–Trinajstić information content (AvgIpc) is 2.37. The highest BCUT2D eigenvalue weighted by Gasteiger charge is 2.17. The molecule has 1 heterocycles. The van der Waals surface area contributed by atoms with Gasteiger partial charge in [-0.15, -0.1) is 0 Å². The smallest absolute Gasteiger partial charge is 0.0710 e. The highest BCUT2D eigenvalue weighted by Crippen LogP contribution is 2.07. The molecular formula is C8H19NO2. The van der Waals surface area contributed by atoms with Crippen molar-refractivity contribution in [3.05, 3.63) is 0 Å². The largest absolute Gasteiger partial charge is 0.388 e. The van der Waals surface area contributed by atoms with Crippen LogP contribution in [0.4, 0.5) is 0 Å². The molecule has 0 aromatic carbocycles. The Morgan fingerprint density at radius 1 is 1.27 bits per heavy atom. The maximum atomic E-state index is 5.14. The Balaban J connectivity index is 0.000000292. The second-order valence-corrected chi connectivity index (χ2v) is 2.82. The van der Waals surface area contributed by atoms with Gasteiger partial charge in [-0.25, -0.2) is 0 Å². The van der Waals surface area contributed by atoms with E-state index in [-0.39, 0.29) is 0 Å². The summed E-state index contributed by atoms with van der Waals surface area (Å²) in [6, 6.07) is 0. The summed E-state index contributed by atoms with van der Waals surface area (Å²) in [4.78, 5) is 2.29. The van der Waals surface area contributed by atoms with E-state index in [1.807, 2.05) is 0 Å². The topological polar surface area (TPSA) is 21.7 Å². The molecule has 3 nitrogen and oxygen atoms in total. The molecule has 0 aliphatic carbocycles. The van der Waals surface area contributed by atoms with Crippen LogP contribution in [0.2, 0.25) is 0 Å². The third-order valence-electron chi connectivity index (χ3n) is 1.68. The lowest BCUT2D eigenvalue weighted by Gasteiger charge is -2.06. The number of hydrogen-bond donors (Lipinski definition) is 0. The van der Waals surface area contributed by atoms with E-state index in [1.54, 1.807) is 21.3 Å². The molecule has 1 fully saturated rings. The van der Waals surface area contributed by atoms with Crippen LogP contribution in [0, 0.1) is 0 Å². The van der Waals surface area contributed by atoms with Gasteiger partial charge in [-0.05, 0) is 13.5 Å². The lowest BCUT2D eigenvalue weighted by molar-refractivity contribution is 0.111. The van der Waals surface area contributed by atoms with Gasteiger partial charge in [0.05, 0.1) is 6.10 Å². The van der Waals surface area contributed by atoms with Crippen LogP contribution in [-0.4, -0.2) is 52.5 Å². The highest BCUT2D eigenvalue weighted by atomic mass is 16.5. The molecule has 0 unspecified atom stereocenters. The van der Waals surface area contributed by atoms with E-state index < -0.39 is 0 Å². The molecule has 0 spiro atoms. The molecule has 1 aliphatic heterocycles. The predicted octanol–water partition coefficient (Wildman–Crippen LogP) is 0.600. The maximum Gasteiger partial charge on any atom is 0.0710 e. The van der Waals surface area contributed by atoms with Crippen molar-refractivity contribution in [3.8, 4) is 0 Å². The molecule has 0 amide bonds. The monoisotopic (exact) mass is 161 g/mol. The van der Waals surface area contributed by atoms with Gasteiger partial charge in [0.25, 0.3) is 0 Å². The molecule has 0 aromatic heterocycles. The lowest BCUT2D eigenvalue weighted by Crippen LogP contribution is -2.17. The number of hydrogen-bond acceptors (Lipinski definition) is 3. The summed E-state index contributed by atoms with van der Waals surface area (Å²) in [5.74, 6) is 0. The summed E-state index contributed by atoms with van der Waals surface area (Å²) in [5, 5.41) is 0. The molecule has 3 heteroatoms. The Kier molecular flexibility index (Phi) is 6.51. The van der Waals surface area contributed by atoms with Crippen molar-refractivity contribution < 1.29 is 9.47 Å². The molecule has 1 atom stereocenters. The summed E-state index contributed by atoms with van der Waals surface area (Å²) in [5.41, 5.74) is 0. The van der Waals surface area contributed by atoms with Gasteiger partial charge >= 0.3 is 0 Å². The van der Waals surface area contributed by atoms with E-state index in [0.29, 0.717) is 6.10 Å². The Labute approximate surface area is 69.3 Å². The van der Waals surface area contributed by atoms with Crippen LogP contribution in [0.25, 0.3) is 0 Å². The molecule has 0 N–H and O–H groups in total. The molecule has 1 aliphatic rings. The molecule has 68 valence electrons. The summed E-state index contributed by atoms with van der Waals surface area (Å²) in [6.07, 6.45) is 1.70. The zero-order chi connectivity index (χ0) is 8.69. The molecule has 0 bridgehead atoms. The zero-order valence-electron chi connectivity index (χ0n) is 7.96. The summed E-state index contributed by atoms with van der Waals surface area (Å²) < 4.78 is 9.39. The minimum atomic E-state index is 0.500. The average molecular weight is 161 g/mol. The zero-order valence-corrected chi connectivity index (χ0v) is 7.96. The van der Waals surface area contributed by atoms with Gasteiger partial charge in [0.1, 0.15) is 0 Å². The fraction of sp³-hybridized carbons (Fsp3) is 1.00. The van der Waals surface area contributed by atoms with Gasteiger partial charge in [0.15, 0.2) is 0 Å². The summed E-state index contributed by atoms with van der Waals surface area (Å²) >= 11 is 0. The number of likely N-dealkylation sites (tertiary alicyclic amines) is 1. The number of nitrogens with zero attached hydrogens (tertiary/aromatic N) is 1. The van der Waals surface area contributed by atoms with Crippen molar-refractivity contribution in [1.82, 2.24) is 4.90 Å². The Morgan fingerprint density at radius 2 is 1.82 bits per heavy atom. The Bertz CT molecular complexity index is 88.2. The molecule has 1 rings (SSSR count). The number of likely N-dealkylation sites (N-methyl/N-ethyl adjacent to an activating group) is 1. The first-order valence-electron chi connectivity index (χ1n) is 3.86. The van der Waals surface area contributed by atoms with Crippen LogP contribution < -0.4 is 0 Å². The SMILES string of the molecule is COC.CO[C@@H]1CCN(C)C1. The quantitative estimate of drug-likeness (QED) is 0.562. The second-order valence-electron chi connectivity index (χ2n) is 2.82. The normalized spacial score (nSPS) is 24.5. The van der Waals surface area contributed by atoms with Gasteiger partial charge in [-0.1, -0.05) is 0 Å². The van der Waals surface area contributed by atoms with Crippen LogP contribution in [-0.2, 0) is 9.47 Å². The van der Waals surface area contributed by atoms with E-state index in [4.69, 9.17) is 4.74 Å². The number of methoxy groups -OCH3 is 2. The van der Waals surface area contributed by atoms with Crippen molar-refractivity contribution in [3.63, 3.8) is 0 Å². The third-order valence-corrected chi connectivity index (χ3v) is 1.68. The fourth-order valence-corrected chi connectivity index (χ4v) is 1.09. The van der Waals surface area contributed by atoms with Crippen molar-refractivity contribution in [2.24, 2.45) is 0 Å². The van der Waals surface area contributed by atoms with E-state index in [2.05, 4.69) is 16.7 Å². The van der Waals surface area contributed by atoms with Crippen molar-refractivity contribution >= 4 is 0 Å².